The zero-order valence-electron chi connectivity index (χ0n) is 10.4. The first kappa shape index (κ1) is 12.9. The van der Waals surface area contributed by atoms with Crippen molar-refractivity contribution < 1.29 is 4.74 Å². The summed E-state index contributed by atoms with van der Waals surface area (Å²) in [6, 6.07) is 1.98. The van der Waals surface area contributed by atoms with Crippen molar-refractivity contribution in [3.63, 3.8) is 0 Å². The maximum absolute atomic E-state index is 5.02. The Morgan fingerprint density at radius 1 is 1.38 bits per heavy atom. The zero-order chi connectivity index (χ0) is 11.8. The van der Waals surface area contributed by atoms with Gasteiger partial charge in [0.15, 0.2) is 0 Å². The number of ether oxygens (including phenoxy) is 1. The van der Waals surface area contributed by atoms with Crippen LogP contribution in [0, 0.1) is 6.92 Å². The van der Waals surface area contributed by atoms with Crippen LogP contribution >= 0.6 is 0 Å². The second kappa shape index (κ2) is 7.17. The molecule has 0 amide bonds. The number of anilines is 1. The third-order valence-corrected chi connectivity index (χ3v) is 2.21. The fourth-order valence-electron chi connectivity index (χ4n) is 1.46. The molecule has 1 aromatic rings. The van der Waals surface area contributed by atoms with Crippen molar-refractivity contribution in [3.8, 4) is 0 Å². The summed E-state index contributed by atoms with van der Waals surface area (Å²) in [5.41, 5.74) is 1.01. The molecule has 0 spiro atoms. The summed E-state index contributed by atoms with van der Waals surface area (Å²) in [5, 5.41) is 3.28. The smallest absolute Gasteiger partial charge is 0.131 e. The molecular formula is C12H21N3O. The molecule has 0 saturated heterocycles. The van der Waals surface area contributed by atoms with Gasteiger partial charge in [0.2, 0.25) is 0 Å². The Hall–Kier alpha value is -1.16. The molecule has 0 bridgehead atoms. The van der Waals surface area contributed by atoms with Gasteiger partial charge in [-0.05, 0) is 19.8 Å². The average Bonchev–Trinajstić information content (AvgIpc) is 2.26. The van der Waals surface area contributed by atoms with Crippen LogP contribution < -0.4 is 5.32 Å². The highest BCUT2D eigenvalue weighted by Crippen LogP contribution is 2.07. The van der Waals surface area contributed by atoms with Crippen molar-refractivity contribution in [3.05, 3.63) is 17.6 Å². The van der Waals surface area contributed by atoms with E-state index < -0.39 is 0 Å². The van der Waals surface area contributed by atoms with E-state index in [9.17, 15) is 0 Å². The molecule has 1 heterocycles. The van der Waals surface area contributed by atoms with E-state index in [1.54, 1.807) is 7.11 Å². The van der Waals surface area contributed by atoms with Gasteiger partial charge < -0.3 is 10.1 Å². The Balaban J connectivity index is 2.58. The van der Waals surface area contributed by atoms with Gasteiger partial charge in [-0.3, -0.25) is 0 Å². The summed E-state index contributed by atoms with van der Waals surface area (Å²) in [6.07, 6.45) is 2.94. The molecule has 90 valence electrons. The monoisotopic (exact) mass is 223 g/mol. The Labute approximate surface area is 97.5 Å². The van der Waals surface area contributed by atoms with Gasteiger partial charge in [-0.2, -0.15) is 0 Å². The van der Waals surface area contributed by atoms with Crippen molar-refractivity contribution in [1.82, 2.24) is 9.97 Å². The molecule has 0 aliphatic heterocycles. The van der Waals surface area contributed by atoms with E-state index in [1.165, 1.54) is 0 Å². The Morgan fingerprint density at radius 3 is 2.88 bits per heavy atom. The standard InChI is InChI=1S/C12H21N3O/c1-4-7-13-12-9-10(2)14-11(15-12)6-5-8-16-3/h9H,4-8H2,1-3H3,(H,13,14,15). The number of aryl methyl sites for hydroxylation is 2. The topological polar surface area (TPSA) is 47.0 Å². The largest absolute Gasteiger partial charge is 0.385 e. The highest BCUT2D eigenvalue weighted by atomic mass is 16.5. The molecule has 0 saturated carbocycles. The first-order valence-corrected chi connectivity index (χ1v) is 5.83. The third kappa shape index (κ3) is 4.57. The van der Waals surface area contributed by atoms with Gasteiger partial charge in [-0.25, -0.2) is 9.97 Å². The van der Waals surface area contributed by atoms with Crippen LogP contribution in [-0.2, 0) is 11.2 Å². The van der Waals surface area contributed by atoms with Crippen LogP contribution in [0.25, 0.3) is 0 Å². The molecule has 0 aromatic carbocycles. The van der Waals surface area contributed by atoms with Crippen LogP contribution in [0.1, 0.15) is 31.3 Å². The van der Waals surface area contributed by atoms with Gasteiger partial charge >= 0.3 is 0 Å². The van der Waals surface area contributed by atoms with E-state index in [-0.39, 0.29) is 0 Å². The van der Waals surface area contributed by atoms with E-state index in [1.807, 2.05) is 13.0 Å². The molecule has 0 aliphatic rings. The van der Waals surface area contributed by atoms with E-state index >= 15 is 0 Å². The molecule has 0 fully saturated rings. The summed E-state index contributed by atoms with van der Waals surface area (Å²) < 4.78 is 5.02. The molecule has 4 nitrogen and oxygen atoms in total. The van der Waals surface area contributed by atoms with Gasteiger partial charge in [0.1, 0.15) is 11.6 Å². The van der Waals surface area contributed by atoms with Crippen molar-refractivity contribution >= 4 is 5.82 Å². The second-order valence-electron chi connectivity index (χ2n) is 3.83. The van der Waals surface area contributed by atoms with Gasteiger partial charge in [0.05, 0.1) is 0 Å². The molecule has 0 aliphatic carbocycles. The third-order valence-electron chi connectivity index (χ3n) is 2.21. The predicted molar refractivity (Wildman–Crippen MR) is 65.7 cm³/mol. The summed E-state index contributed by atoms with van der Waals surface area (Å²) in [4.78, 5) is 8.87. The summed E-state index contributed by atoms with van der Waals surface area (Å²) in [5.74, 6) is 1.83. The van der Waals surface area contributed by atoms with Crippen molar-refractivity contribution in [1.29, 1.82) is 0 Å². The SMILES string of the molecule is CCCNc1cc(C)nc(CCCOC)n1. The van der Waals surface area contributed by atoms with Crippen molar-refractivity contribution in [2.75, 3.05) is 25.6 Å². The molecule has 1 aromatic heterocycles. The number of hydrogen-bond donors (Lipinski definition) is 1. The van der Waals surface area contributed by atoms with E-state index in [0.29, 0.717) is 0 Å². The number of hydrogen-bond acceptors (Lipinski definition) is 4. The lowest BCUT2D eigenvalue weighted by atomic mass is 10.3. The minimum absolute atomic E-state index is 0.759. The number of methoxy groups -OCH3 is 1. The summed E-state index contributed by atoms with van der Waals surface area (Å²) in [6.45, 7) is 5.85. The highest BCUT2D eigenvalue weighted by molar-refractivity contribution is 5.35. The number of rotatable bonds is 7. The van der Waals surface area contributed by atoms with Crippen LogP contribution in [0.2, 0.25) is 0 Å². The van der Waals surface area contributed by atoms with Crippen molar-refractivity contribution in [2.24, 2.45) is 0 Å². The van der Waals surface area contributed by atoms with Crippen LogP contribution in [0.3, 0.4) is 0 Å². The van der Waals surface area contributed by atoms with Crippen LogP contribution in [0.15, 0.2) is 6.07 Å². The van der Waals surface area contributed by atoms with Crippen LogP contribution in [0.4, 0.5) is 5.82 Å². The molecular weight excluding hydrogens is 202 g/mol. The number of nitrogens with zero attached hydrogens (tertiary/aromatic N) is 2. The highest BCUT2D eigenvalue weighted by Gasteiger charge is 2.01. The fourth-order valence-corrected chi connectivity index (χ4v) is 1.46. The molecule has 0 radical (unpaired) electrons. The molecule has 1 rings (SSSR count). The summed E-state index contributed by atoms with van der Waals surface area (Å²) in [7, 11) is 1.71. The minimum atomic E-state index is 0.759. The lowest BCUT2D eigenvalue weighted by Gasteiger charge is -2.07. The van der Waals surface area contributed by atoms with Crippen LogP contribution in [0.5, 0.6) is 0 Å². The van der Waals surface area contributed by atoms with Crippen LogP contribution in [-0.4, -0.2) is 30.2 Å². The van der Waals surface area contributed by atoms with E-state index in [0.717, 1.165) is 49.8 Å². The first-order valence-electron chi connectivity index (χ1n) is 5.83. The number of nitrogens with one attached hydrogen (secondary N) is 1. The Kier molecular flexibility index (Phi) is 5.78. The molecule has 0 unspecified atom stereocenters. The molecule has 0 atom stereocenters. The minimum Gasteiger partial charge on any atom is -0.385 e. The summed E-state index contributed by atoms with van der Waals surface area (Å²) >= 11 is 0. The van der Waals surface area contributed by atoms with E-state index in [2.05, 4.69) is 22.2 Å². The van der Waals surface area contributed by atoms with Gasteiger partial charge in [-0.15, -0.1) is 0 Å². The fraction of sp³-hybridized carbons (Fsp3) is 0.667. The van der Waals surface area contributed by atoms with Gasteiger partial charge in [-0.1, -0.05) is 6.92 Å². The molecule has 4 heteroatoms. The number of aromatic nitrogens is 2. The second-order valence-corrected chi connectivity index (χ2v) is 3.83. The van der Waals surface area contributed by atoms with Gasteiger partial charge in [0, 0.05) is 38.4 Å². The maximum Gasteiger partial charge on any atom is 0.131 e. The van der Waals surface area contributed by atoms with Gasteiger partial charge in [0.25, 0.3) is 0 Å². The lowest BCUT2D eigenvalue weighted by molar-refractivity contribution is 0.194. The molecule has 1 N–H and O–H groups in total. The lowest BCUT2D eigenvalue weighted by Crippen LogP contribution is -2.06. The molecule has 16 heavy (non-hydrogen) atoms. The normalized spacial score (nSPS) is 10.4. The quantitative estimate of drug-likeness (QED) is 0.720. The zero-order valence-corrected chi connectivity index (χ0v) is 10.4. The van der Waals surface area contributed by atoms with Crippen molar-refractivity contribution in [2.45, 2.75) is 33.1 Å². The maximum atomic E-state index is 5.02. The average molecular weight is 223 g/mol. The Morgan fingerprint density at radius 2 is 2.19 bits per heavy atom. The van der Waals surface area contributed by atoms with E-state index in [4.69, 9.17) is 4.74 Å². The Bertz CT molecular complexity index is 315. The predicted octanol–water partition coefficient (Wildman–Crippen LogP) is 2.19. The first-order chi connectivity index (χ1) is 7.76.